The van der Waals surface area contributed by atoms with Crippen molar-refractivity contribution in [2.75, 3.05) is 23.9 Å². The largest absolute Gasteiger partial charge is 0.380 e. The Morgan fingerprint density at radius 1 is 1.55 bits per heavy atom. The van der Waals surface area contributed by atoms with Gasteiger partial charge in [-0.2, -0.15) is 4.98 Å². The van der Waals surface area contributed by atoms with Crippen molar-refractivity contribution in [3.63, 3.8) is 0 Å². The molecule has 0 spiro atoms. The van der Waals surface area contributed by atoms with Crippen molar-refractivity contribution < 1.29 is 9.53 Å². The summed E-state index contributed by atoms with van der Waals surface area (Å²) in [5.41, 5.74) is 0.795. The normalized spacial score (nSPS) is 28.1. The first kappa shape index (κ1) is 13.6. The highest BCUT2D eigenvalue weighted by Gasteiger charge is 2.52. The number of nitrogens with one attached hydrogen (secondary N) is 1. The van der Waals surface area contributed by atoms with E-state index in [-0.39, 0.29) is 17.3 Å². The molecule has 1 N–H and O–H groups in total. The Hall–Kier alpha value is -1.40. The summed E-state index contributed by atoms with van der Waals surface area (Å²) in [5.74, 6) is 0.661. The third kappa shape index (κ3) is 1.78. The van der Waals surface area contributed by atoms with Crippen molar-refractivity contribution in [3.8, 4) is 0 Å². The molecule has 1 saturated heterocycles. The quantitative estimate of drug-likeness (QED) is 0.840. The zero-order valence-electron chi connectivity index (χ0n) is 11.7. The molecular formula is C13H17ClN4O2. The molecule has 0 saturated carbocycles. The van der Waals surface area contributed by atoms with E-state index >= 15 is 0 Å². The fourth-order valence-corrected chi connectivity index (χ4v) is 3.19. The summed E-state index contributed by atoms with van der Waals surface area (Å²) in [4.78, 5) is 23.0. The van der Waals surface area contributed by atoms with Crippen molar-refractivity contribution in [1.82, 2.24) is 9.97 Å². The zero-order valence-corrected chi connectivity index (χ0v) is 12.5. The monoisotopic (exact) mass is 296 g/mol. The lowest BCUT2D eigenvalue weighted by atomic mass is 9.94. The molecule has 2 aliphatic heterocycles. The number of aromatic nitrogens is 2. The lowest BCUT2D eigenvalue weighted by molar-refractivity contribution is -0.121. The fraction of sp³-hybridized carbons (Fsp3) is 0.615. The Kier molecular flexibility index (Phi) is 3.10. The van der Waals surface area contributed by atoms with E-state index in [9.17, 15) is 4.79 Å². The smallest absolute Gasteiger partial charge is 0.250 e. The first-order valence-corrected chi connectivity index (χ1v) is 7.05. The molecule has 0 bridgehead atoms. The molecule has 1 aromatic rings. The third-order valence-corrected chi connectivity index (χ3v) is 4.37. The van der Waals surface area contributed by atoms with Crippen LogP contribution in [-0.4, -0.2) is 41.2 Å². The summed E-state index contributed by atoms with van der Waals surface area (Å²) >= 11 is 6.01. The van der Waals surface area contributed by atoms with Gasteiger partial charge in [0.05, 0.1) is 11.8 Å². The minimum atomic E-state index is -0.642. The highest BCUT2D eigenvalue weighted by Crippen LogP contribution is 2.43. The van der Waals surface area contributed by atoms with E-state index < -0.39 is 5.54 Å². The zero-order chi connectivity index (χ0) is 14.5. The Bertz CT molecular complexity index is 580. The van der Waals surface area contributed by atoms with Crippen LogP contribution in [0.25, 0.3) is 0 Å². The van der Waals surface area contributed by atoms with Gasteiger partial charge in [-0.25, -0.2) is 4.98 Å². The first-order valence-electron chi connectivity index (χ1n) is 6.68. The van der Waals surface area contributed by atoms with E-state index in [1.54, 1.807) is 7.11 Å². The lowest BCUT2D eigenvalue weighted by Gasteiger charge is -2.39. The summed E-state index contributed by atoms with van der Waals surface area (Å²) in [6.45, 7) is 4.51. The van der Waals surface area contributed by atoms with Crippen LogP contribution in [0.2, 0.25) is 5.28 Å². The summed E-state index contributed by atoms with van der Waals surface area (Å²) < 4.78 is 5.42. The molecule has 0 radical (unpaired) electrons. The van der Waals surface area contributed by atoms with Crippen LogP contribution in [-0.2, 0) is 16.0 Å². The number of hydrogen-bond acceptors (Lipinski definition) is 5. The van der Waals surface area contributed by atoms with Gasteiger partial charge in [0.15, 0.2) is 5.82 Å². The Balaban J connectivity index is 2.15. The number of hydrogen-bond donors (Lipinski definition) is 1. The van der Waals surface area contributed by atoms with Crippen molar-refractivity contribution in [2.45, 2.75) is 38.3 Å². The molecule has 1 amide bonds. The average Bonchev–Trinajstić information content (AvgIpc) is 2.78. The average molecular weight is 297 g/mol. The highest BCUT2D eigenvalue weighted by molar-refractivity contribution is 6.28. The van der Waals surface area contributed by atoms with E-state index in [4.69, 9.17) is 16.3 Å². The highest BCUT2D eigenvalue weighted by atomic mass is 35.5. The number of carbonyl (C=O) groups excluding carboxylic acids is 1. The topological polar surface area (TPSA) is 67.3 Å². The molecule has 2 atom stereocenters. The number of anilines is 2. The Labute approximate surface area is 122 Å². The molecule has 20 heavy (non-hydrogen) atoms. The molecule has 0 unspecified atom stereocenters. The second kappa shape index (κ2) is 4.56. The van der Waals surface area contributed by atoms with Crippen molar-refractivity contribution in [2.24, 2.45) is 0 Å². The van der Waals surface area contributed by atoms with Crippen molar-refractivity contribution in [1.29, 1.82) is 0 Å². The number of methoxy groups -OCH3 is 1. The van der Waals surface area contributed by atoms with Crippen LogP contribution >= 0.6 is 11.6 Å². The number of rotatable bonds is 2. The molecule has 108 valence electrons. The molecule has 3 rings (SSSR count). The summed E-state index contributed by atoms with van der Waals surface area (Å²) in [6, 6.07) is 0. The number of nitrogens with zero attached hydrogens (tertiary/aromatic N) is 3. The lowest BCUT2D eigenvalue weighted by Crippen LogP contribution is -2.54. The minimum absolute atomic E-state index is 0.00974. The van der Waals surface area contributed by atoms with Crippen molar-refractivity contribution >= 4 is 29.0 Å². The standard InChI is InChI=1S/C13H17ClN4O2/c1-4-8-9-10(17-12(14)15-8)18-6-7(20-3)5-13(18,2)11(19)16-9/h7H,4-6H2,1-3H3,(H,16,19)/t7-,13+/m1/s1. The number of fused-ring (bicyclic) bond motifs is 3. The van der Waals surface area contributed by atoms with Gasteiger partial charge in [0.25, 0.3) is 0 Å². The van der Waals surface area contributed by atoms with Crippen LogP contribution in [0.1, 0.15) is 26.0 Å². The fourth-order valence-electron chi connectivity index (χ4n) is 3.01. The number of carbonyl (C=O) groups is 1. The van der Waals surface area contributed by atoms with Gasteiger partial charge in [0, 0.05) is 20.1 Å². The SMILES string of the molecule is CCc1nc(Cl)nc2c1NC(=O)[C@]1(C)C[C@@H](OC)CN21. The molecule has 2 aliphatic rings. The number of amides is 1. The van der Waals surface area contributed by atoms with Gasteiger partial charge in [-0.3, -0.25) is 4.79 Å². The predicted octanol–water partition coefficient (Wildman–Crippen LogP) is 1.63. The van der Waals surface area contributed by atoms with Gasteiger partial charge >= 0.3 is 0 Å². The van der Waals surface area contributed by atoms with E-state index in [2.05, 4.69) is 15.3 Å². The van der Waals surface area contributed by atoms with Gasteiger partial charge in [-0.1, -0.05) is 6.92 Å². The number of aryl methyl sites for hydroxylation is 1. The van der Waals surface area contributed by atoms with Crippen LogP contribution in [0.4, 0.5) is 11.5 Å². The van der Waals surface area contributed by atoms with Crippen LogP contribution in [0.15, 0.2) is 0 Å². The molecule has 1 aromatic heterocycles. The molecule has 6 nitrogen and oxygen atoms in total. The first-order chi connectivity index (χ1) is 9.49. The van der Waals surface area contributed by atoms with E-state index in [0.717, 1.165) is 5.69 Å². The Morgan fingerprint density at radius 3 is 2.95 bits per heavy atom. The second-order valence-electron chi connectivity index (χ2n) is 5.39. The summed E-state index contributed by atoms with van der Waals surface area (Å²) in [6.07, 6.45) is 1.33. The number of ether oxygens (including phenoxy) is 1. The third-order valence-electron chi connectivity index (χ3n) is 4.20. The molecule has 0 aromatic carbocycles. The maximum absolute atomic E-state index is 12.5. The van der Waals surface area contributed by atoms with Gasteiger partial charge < -0.3 is 15.0 Å². The van der Waals surface area contributed by atoms with Gasteiger partial charge in [0.1, 0.15) is 11.2 Å². The molecule has 3 heterocycles. The molecule has 1 fully saturated rings. The van der Waals surface area contributed by atoms with E-state index in [0.29, 0.717) is 30.9 Å². The van der Waals surface area contributed by atoms with Crippen LogP contribution < -0.4 is 10.2 Å². The van der Waals surface area contributed by atoms with Crippen LogP contribution in [0.3, 0.4) is 0 Å². The predicted molar refractivity (Wildman–Crippen MR) is 76.2 cm³/mol. The Morgan fingerprint density at radius 2 is 2.30 bits per heavy atom. The molecular weight excluding hydrogens is 280 g/mol. The summed E-state index contributed by atoms with van der Waals surface area (Å²) in [5, 5.41) is 3.15. The van der Waals surface area contributed by atoms with Gasteiger partial charge in [-0.05, 0) is 24.9 Å². The maximum Gasteiger partial charge on any atom is 0.250 e. The molecule has 7 heteroatoms. The number of halogens is 1. The second-order valence-corrected chi connectivity index (χ2v) is 5.73. The summed E-state index contributed by atoms with van der Waals surface area (Å²) in [7, 11) is 1.66. The maximum atomic E-state index is 12.5. The van der Waals surface area contributed by atoms with Gasteiger partial charge in [-0.15, -0.1) is 0 Å². The minimum Gasteiger partial charge on any atom is -0.380 e. The van der Waals surface area contributed by atoms with Gasteiger partial charge in [0.2, 0.25) is 11.2 Å². The van der Waals surface area contributed by atoms with Crippen LogP contribution in [0, 0.1) is 0 Å². The van der Waals surface area contributed by atoms with Crippen LogP contribution in [0.5, 0.6) is 0 Å². The van der Waals surface area contributed by atoms with E-state index in [1.807, 2.05) is 18.7 Å². The molecule has 0 aliphatic carbocycles. The van der Waals surface area contributed by atoms with E-state index in [1.165, 1.54) is 0 Å². The van der Waals surface area contributed by atoms with Crippen molar-refractivity contribution in [3.05, 3.63) is 11.0 Å².